The van der Waals surface area contributed by atoms with Gasteiger partial charge in [-0.3, -0.25) is 0 Å². The second-order valence-electron chi connectivity index (χ2n) is 12.5. The van der Waals surface area contributed by atoms with Crippen LogP contribution in [-0.4, -0.2) is 0 Å². The van der Waals surface area contributed by atoms with Crippen molar-refractivity contribution in [3.8, 4) is 44.5 Å². The highest BCUT2D eigenvalue weighted by Gasteiger charge is 2.23. The van der Waals surface area contributed by atoms with Crippen LogP contribution in [0.5, 0.6) is 0 Å². The third-order valence-corrected chi connectivity index (χ3v) is 9.50. The van der Waals surface area contributed by atoms with Gasteiger partial charge in [-0.2, -0.15) is 0 Å². The molecule has 0 radical (unpaired) electrons. The molecule has 0 bridgehead atoms. The molecule has 0 N–H and O–H groups in total. The van der Waals surface area contributed by atoms with Crippen molar-refractivity contribution < 1.29 is 4.42 Å². The molecular formula is C48H33NO. The number of nitrogens with zero attached hydrogens (tertiary/aromatic N) is 1. The molecule has 236 valence electrons. The Hall–Kier alpha value is -6.64. The van der Waals surface area contributed by atoms with E-state index in [1.54, 1.807) is 0 Å². The summed E-state index contributed by atoms with van der Waals surface area (Å²) in [5, 5.41) is 2.21. The van der Waals surface area contributed by atoms with Crippen LogP contribution >= 0.6 is 0 Å². The van der Waals surface area contributed by atoms with Crippen LogP contribution in [0.1, 0.15) is 0 Å². The predicted molar refractivity (Wildman–Crippen MR) is 210 cm³/mol. The number of fused-ring (bicyclic) bond motifs is 3. The Balaban J connectivity index is 1.32. The van der Waals surface area contributed by atoms with Gasteiger partial charge in [0.25, 0.3) is 0 Å². The molecule has 0 amide bonds. The van der Waals surface area contributed by atoms with Crippen LogP contribution in [0, 0.1) is 0 Å². The first kappa shape index (κ1) is 29.5. The highest BCUT2D eigenvalue weighted by Crippen LogP contribution is 2.48. The van der Waals surface area contributed by atoms with E-state index in [0.717, 1.165) is 44.6 Å². The molecule has 0 aliphatic heterocycles. The lowest BCUT2D eigenvalue weighted by Gasteiger charge is -2.29. The fourth-order valence-corrected chi connectivity index (χ4v) is 7.25. The molecule has 1 aromatic heterocycles. The zero-order valence-corrected chi connectivity index (χ0v) is 27.4. The molecule has 9 rings (SSSR count). The van der Waals surface area contributed by atoms with Gasteiger partial charge in [-0.05, 0) is 81.4 Å². The maximum atomic E-state index is 6.24. The Morgan fingerprint density at radius 2 is 0.860 bits per heavy atom. The first-order valence-corrected chi connectivity index (χ1v) is 17.0. The third kappa shape index (κ3) is 5.24. The summed E-state index contributed by atoms with van der Waals surface area (Å²) in [4.78, 5) is 2.37. The van der Waals surface area contributed by atoms with Crippen molar-refractivity contribution in [2.75, 3.05) is 4.90 Å². The maximum absolute atomic E-state index is 6.24. The highest BCUT2D eigenvalue weighted by atomic mass is 16.3. The standard InChI is InChI=1S/C48H33NO/c1-4-17-34(18-5-1)38-23-10-11-26-42(38)48-39(35-19-6-2-7-20-35)27-16-28-43(48)40-24-12-14-29-45(40)49(36-21-8-3-9-22-36)37-31-32-47-44(33-37)41-25-13-15-30-46(41)50-47/h1-33H. The summed E-state index contributed by atoms with van der Waals surface area (Å²) >= 11 is 0. The van der Waals surface area contributed by atoms with Crippen LogP contribution in [0.3, 0.4) is 0 Å². The molecule has 8 aromatic carbocycles. The molecule has 0 saturated carbocycles. The number of hydrogen-bond acceptors (Lipinski definition) is 2. The Bertz CT molecular complexity index is 2590. The van der Waals surface area contributed by atoms with E-state index in [2.05, 4.69) is 193 Å². The van der Waals surface area contributed by atoms with Gasteiger partial charge in [0, 0.05) is 27.7 Å². The lowest BCUT2D eigenvalue weighted by molar-refractivity contribution is 0.669. The predicted octanol–water partition coefficient (Wildman–Crippen LogP) is 13.7. The van der Waals surface area contributed by atoms with Crippen LogP contribution in [0.4, 0.5) is 17.1 Å². The second kappa shape index (κ2) is 12.8. The van der Waals surface area contributed by atoms with Crippen molar-refractivity contribution in [2.45, 2.75) is 0 Å². The van der Waals surface area contributed by atoms with Gasteiger partial charge in [-0.15, -0.1) is 0 Å². The summed E-state index contributed by atoms with van der Waals surface area (Å²) in [5.74, 6) is 0. The van der Waals surface area contributed by atoms with Gasteiger partial charge in [-0.25, -0.2) is 0 Å². The van der Waals surface area contributed by atoms with Gasteiger partial charge >= 0.3 is 0 Å². The molecule has 9 aromatic rings. The number of anilines is 3. The zero-order valence-electron chi connectivity index (χ0n) is 27.4. The molecule has 0 fully saturated rings. The molecular weight excluding hydrogens is 607 g/mol. The van der Waals surface area contributed by atoms with E-state index in [-0.39, 0.29) is 0 Å². The molecule has 1 heterocycles. The van der Waals surface area contributed by atoms with E-state index in [1.165, 1.54) is 38.9 Å². The van der Waals surface area contributed by atoms with Crippen molar-refractivity contribution in [2.24, 2.45) is 0 Å². The second-order valence-corrected chi connectivity index (χ2v) is 12.5. The first-order chi connectivity index (χ1) is 24.8. The number of furan rings is 1. The smallest absolute Gasteiger partial charge is 0.135 e. The number of para-hydroxylation sites is 3. The number of hydrogen-bond donors (Lipinski definition) is 0. The molecule has 0 aliphatic rings. The average molecular weight is 640 g/mol. The Morgan fingerprint density at radius 1 is 0.320 bits per heavy atom. The van der Waals surface area contributed by atoms with Gasteiger partial charge in [0.15, 0.2) is 0 Å². The minimum absolute atomic E-state index is 0.881. The highest BCUT2D eigenvalue weighted by molar-refractivity contribution is 6.07. The quantitative estimate of drug-likeness (QED) is 0.173. The lowest BCUT2D eigenvalue weighted by Crippen LogP contribution is -2.11. The average Bonchev–Trinajstić information content (AvgIpc) is 3.57. The fraction of sp³-hybridized carbons (Fsp3) is 0. The summed E-state index contributed by atoms with van der Waals surface area (Å²) < 4.78 is 6.24. The van der Waals surface area contributed by atoms with Crippen LogP contribution in [0.2, 0.25) is 0 Å². The summed E-state index contributed by atoms with van der Waals surface area (Å²) in [6.07, 6.45) is 0. The van der Waals surface area contributed by atoms with Crippen molar-refractivity contribution in [3.05, 3.63) is 200 Å². The van der Waals surface area contributed by atoms with Crippen molar-refractivity contribution in [3.63, 3.8) is 0 Å². The maximum Gasteiger partial charge on any atom is 0.135 e. The molecule has 2 nitrogen and oxygen atoms in total. The normalized spacial score (nSPS) is 11.2. The summed E-state index contributed by atoms with van der Waals surface area (Å²) in [7, 11) is 0. The third-order valence-electron chi connectivity index (χ3n) is 9.50. The molecule has 2 heteroatoms. The van der Waals surface area contributed by atoms with Crippen molar-refractivity contribution in [1.82, 2.24) is 0 Å². The Labute approximate surface area is 292 Å². The minimum Gasteiger partial charge on any atom is -0.456 e. The van der Waals surface area contributed by atoms with Gasteiger partial charge in [0.1, 0.15) is 11.2 Å². The van der Waals surface area contributed by atoms with Gasteiger partial charge in [-0.1, -0.05) is 158 Å². The monoisotopic (exact) mass is 639 g/mol. The molecule has 0 unspecified atom stereocenters. The largest absolute Gasteiger partial charge is 0.456 e. The fourth-order valence-electron chi connectivity index (χ4n) is 7.25. The first-order valence-electron chi connectivity index (χ1n) is 17.0. The van der Waals surface area contributed by atoms with Crippen molar-refractivity contribution in [1.29, 1.82) is 0 Å². The Morgan fingerprint density at radius 3 is 1.62 bits per heavy atom. The molecule has 0 spiro atoms. The molecule has 0 atom stereocenters. The van der Waals surface area contributed by atoms with Gasteiger partial charge in [0.2, 0.25) is 0 Å². The van der Waals surface area contributed by atoms with E-state index in [0.29, 0.717) is 0 Å². The van der Waals surface area contributed by atoms with E-state index < -0.39 is 0 Å². The summed E-state index contributed by atoms with van der Waals surface area (Å²) in [6, 6.07) is 71.2. The van der Waals surface area contributed by atoms with E-state index in [1.807, 2.05) is 12.1 Å². The van der Waals surface area contributed by atoms with Crippen LogP contribution in [0.25, 0.3) is 66.4 Å². The van der Waals surface area contributed by atoms with E-state index in [9.17, 15) is 0 Å². The van der Waals surface area contributed by atoms with Crippen LogP contribution in [-0.2, 0) is 0 Å². The van der Waals surface area contributed by atoms with Crippen LogP contribution in [0.15, 0.2) is 205 Å². The SMILES string of the molecule is c1ccc(-c2ccccc2-c2c(-c3ccccc3)cccc2-c2ccccc2N(c2ccccc2)c2ccc3oc4ccccc4c3c2)cc1. The lowest BCUT2D eigenvalue weighted by atomic mass is 9.84. The Kier molecular flexibility index (Phi) is 7.53. The van der Waals surface area contributed by atoms with Crippen molar-refractivity contribution >= 4 is 39.0 Å². The zero-order chi connectivity index (χ0) is 33.3. The van der Waals surface area contributed by atoms with E-state index >= 15 is 0 Å². The topological polar surface area (TPSA) is 16.4 Å². The molecule has 50 heavy (non-hydrogen) atoms. The van der Waals surface area contributed by atoms with Crippen LogP contribution < -0.4 is 4.90 Å². The summed E-state index contributed by atoms with van der Waals surface area (Å²) in [5.41, 5.74) is 14.5. The van der Waals surface area contributed by atoms with Gasteiger partial charge < -0.3 is 9.32 Å². The van der Waals surface area contributed by atoms with Gasteiger partial charge in [0.05, 0.1) is 5.69 Å². The summed E-state index contributed by atoms with van der Waals surface area (Å²) in [6.45, 7) is 0. The molecule has 0 saturated heterocycles. The number of rotatable bonds is 7. The molecule has 0 aliphatic carbocycles. The van der Waals surface area contributed by atoms with E-state index in [4.69, 9.17) is 4.42 Å². The number of benzene rings is 8. The minimum atomic E-state index is 0.881.